The molecule has 0 aliphatic rings. The van der Waals surface area contributed by atoms with Crippen LogP contribution in [0.1, 0.15) is 5.69 Å². The van der Waals surface area contributed by atoms with Crippen molar-refractivity contribution in [3.63, 3.8) is 0 Å². The maximum Gasteiger partial charge on any atom is 0.215 e. The lowest BCUT2D eigenvalue weighted by Gasteiger charge is -2.05. The average molecular weight is 317 g/mol. The van der Waals surface area contributed by atoms with Crippen LogP contribution in [-0.2, 0) is 13.7 Å². The van der Waals surface area contributed by atoms with Crippen molar-refractivity contribution >= 4 is 11.0 Å². The summed E-state index contributed by atoms with van der Waals surface area (Å²) in [5.74, 6) is 0.545. The number of nitrogens with zero attached hydrogens (tertiary/aromatic N) is 5. The van der Waals surface area contributed by atoms with Gasteiger partial charge in [0, 0.05) is 30.9 Å². The minimum atomic E-state index is 0.379. The lowest BCUT2D eigenvalue weighted by Crippen LogP contribution is -2.00. The number of fused-ring (bicyclic) bond motifs is 1. The normalized spacial score (nSPS) is 10.9. The Kier molecular flexibility index (Phi) is 3.63. The number of pyridine rings is 3. The Labute approximate surface area is 138 Å². The molecule has 0 saturated carbocycles. The number of aryl methyl sites for hydroxylation is 1. The van der Waals surface area contributed by atoms with E-state index in [9.17, 15) is 0 Å². The summed E-state index contributed by atoms with van der Waals surface area (Å²) in [5, 5.41) is 5.49. The molecule has 0 aliphatic carbocycles. The summed E-state index contributed by atoms with van der Waals surface area (Å²) in [6, 6.07) is 15.3. The van der Waals surface area contributed by atoms with Gasteiger partial charge in [0.05, 0.1) is 11.4 Å². The highest BCUT2D eigenvalue weighted by atomic mass is 16.5. The van der Waals surface area contributed by atoms with E-state index in [1.165, 1.54) is 0 Å². The zero-order valence-corrected chi connectivity index (χ0v) is 13.1. The first kappa shape index (κ1) is 14.3. The van der Waals surface area contributed by atoms with E-state index in [4.69, 9.17) is 4.74 Å². The summed E-state index contributed by atoms with van der Waals surface area (Å²) >= 11 is 0. The van der Waals surface area contributed by atoms with Crippen molar-refractivity contribution in [1.82, 2.24) is 24.7 Å². The molecule has 6 heteroatoms. The van der Waals surface area contributed by atoms with Gasteiger partial charge in [-0.3, -0.25) is 9.97 Å². The molecule has 0 radical (unpaired) electrons. The molecule has 0 bridgehead atoms. The van der Waals surface area contributed by atoms with Crippen LogP contribution >= 0.6 is 0 Å². The van der Waals surface area contributed by atoms with Crippen LogP contribution in [0, 0.1) is 0 Å². The fraction of sp³-hybridized carbons (Fsp3) is 0.111. The summed E-state index contributed by atoms with van der Waals surface area (Å²) < 4.78 is 7.48. The van der Waals surface area contributed by atoms with Crippen LogP contribution in [0.3, 0.4) is 0 Å². The molecule has 0 aromatic carbocycles. The minimum absolute atomic E-state index is 0.379. The topological polar surface area (TPSA) is 65.7 Å². The predicted octanol–water partition coefficient (Wildman–Crippen LogP) is 3.00. The maximum atomic E-state index is 5.74. The predicted molar refractivity (Wildman–Crippen MR) is 90.3 cm³/mol. The fourth-order valence-electron chi connectivity index (χ4n) is 2.52. The maximum absolute atomic E-state index is 5.74. The zero-order chi connectivity index (χ0) is 16.4. The fourth-order valence-corrected chi connectivity index (χ4v) is 2.52. The molecule has 0 aliphatic heterocycles. The van der Waals surface area contributed by atoms with Gasteiger partial charge < -0.3 is 4.74 Å². The van der Waals surface area contributed by atoms with Gasteiger partial charge in [0.1, 0.15) is 12.3 Å². The molecule has 0 fully saturated rings. The molecule has 4 heterocycles. The molecule has 6 nitrogen and oxygen atoms in total. The molecular formula is C18H15N5O. The third-order valence-electron chi connectivity index (χ3n) is 3.66. The van der Waals surface area contributed by atoms with E-state index in [1.54, 1.807) is 17.1 Å². The van der Waals surface area contributed by atoms with Crippen molar-refractivity contribution in [3.8, 4) is 17.3 Å². The van der Waals surface area contributed by atoms with Gasteiger partial charge >= 0.3 is 0 Å². The molecule has 4 rings (SSSR count). The monoisotopic (exact) mass is 317 g/mol. The molecule has 0 amide bonds. The Bertz CT molecular complexity index is 967. The van der Waals surface area contributed by atoms with Gasteiger partial charge in [-0.2, -0.15) is 10.1 Å². The molecule has 118 valence electrons. The first-order chi connectivity index (χ1) is 11.8. The van der Waals surface area contributed by atoms with Crippen molar-refractivity contribution in [2.75, 3.05) is 0 Å². The van der Waals surface area contributed by atoms with E-state index in [-0.39, 0.29) is 0 Å². The van der Waals surface area contributed by atoms with Gasteiger partial charge in [-0.05, 0) is 30.3 Å². The number of rotatable bonds is 4. The van der Waals surface area contributed by atoms with Gasteiger partial charge in [0.25, 0.3) is 0 Å². The lowest BCUT2D eigenvalue weighted by molar-refractivity contribution is 0.290. The van der Waals surface area contributed by atoms with Gasteiger partial charge in [-0.1, -0.05) is 12.1 Å². The number of hydrogen-bond acceptors (Lipinski definition) is 5. The van der Waals surface area contributed by atoms with E-state index in [0.717, 1.165) is 28.1 Å². The van der Waals surface area contributed by atoms with E-state index >= 15 is 0 Å². The first-order valence-corrected chi connectivity index (χ1v) is 7.59. The van der Waals surface area contributed by atoms with Crippen LogP contribution in [0.4, 0.5) is 0 Å². The highest BCUT2D eigenvalue weighted by Gasteiger charge is 2.13. The summed E-state index contributed by atoms with van der Waals surface area (Å²) in [4.78, 5) is 13.2. The van der Waals surface area contributed by atoms with Crippen molar-refractivity contribution < 1.29 is 4.74 Å². The molecule has 0 spiro atoms. The van der Waals surface area contributed by atoms with Crippen molar-refractivity contribution in [3.05, 3.63) is 66.6 Å². The van der Waals surface area contributed by atoms with E-state index < -0.39 is 0 Å². The molecule has 0 unspecified atom stereocenters. The van der Waals surface area contributed by atoms with Crippen LogP contribution in [0.5, 0.6) is 5.88 Å². The third kappa shape index (κ3) is 2.69. The molecule has 0 atom stereocenters. The Balaban J connectivity index is 1.65. The van der Waals surface area contributed by atoms with E-state index in [2.05, 4.69) is 20.1 Å². The van der Waals surface area contributed by atoms with Crippen LogP contribution in [0.2, 0.25) is 0 Å². The molecule has 0 N–H and O–H groups in total. The summed E-state index contributed by atoms with van der Waals surface area (Å²) in [6.45, 7) is 0.379. The SMILES string of the molecule is Cn1nc(-c2ccccn2)c2ccc(OCc3ccccn3)nc21. The van der Waals surface area contributed by atoms with Crippen LogP contribution in [0.15, 0.2) is 60.9 Å². The van der Waals surface area contributed by atoms with Crippen LogP contribution < -0.4 is 4.74 Å². The smallest absolute Gasteiger partial charge is 0.215 e. The second-order valence-electron chi connectivity index (χ2n) is 5.32. The van der Waals surface area contributed by atoms with Gasteiger partial charge in [-0.25, -0.2) is 4.68 Å². The Morgan fingerprint density at radius 3 is 2.54 bits per heavy atom. The minimum Gasteiger partial charge on any atom is -0.471 e. The van der Waals surface area contributed by atoms with E-state index in [1.807, 2.05) is 55.6 Å². The quantitative estimate of drug-likeness (QED) is 0.579. The Morgan fingerprint density at radius 1 is 0.958 bits per heavy atom. The molecular weight excluding hydrogens is 302 g/mol. The van der Waals surface area contributed by atoms with Crippen LogP contribution in [-0.4, -0.2) is 24.7 Å². The average Bonchev–Trinajstić information content (AvgIpc) is 2.98. The van der Waals surface area contributed by atoms with Crippen molar-refractivity contribution in [1.29, 1.82) is 0 Å². The second kappa shape index (κ2) is 6.08. The first-order valence-electron chi connectivity index (χ1n) is 7.59. The largest absolute Gasteiger partial charge is 0.471 e. The summed E-state index contributed by atoms with van der Waals surface area (Å²) in [7, 11) is 1.87. The van der Waals surface area contributed by atoms with Gasteiger partial charge in [0.15, 0.2) is 5.65 Å². The summed E-state index contributed by atoms with van der Waals surface area (Å²) in [6.07, 6.45) is 3.50. The standard InChI is InChI=1S/C18H15N5O/c1-23-18-14(17(22-23)15-7-3-5-11-20-15)8-9-16(21-18)24-12-13-6-2-4-10-19-13/h2-11H,12H2,1H3. The van der Waals surface area contributed by atoms with E-state index in [0.29, 0.717) is 12.5 Å². The highest BCUT2D eigenvalue weighted by Crippen LogP contribution is 2.26. The Morgan fingerprint density at radius 2 is 1.79 bits per heavy atom. The number of aromatic nitrogens is 5. The van der Waals surface area contributed by atoms with Gasteiger partial charge in [-0.15, -0.1) is 0 Å². The molecule has 0 saturated heterocycles. The second-order valence-corrected chi connectivity index (χ2v) is 5.32. The zero-order valence-electron chi connectivity index (χ0n) is 13.1. The molecule has 4 aromatic rings. The lowest BCUT2D eigenvalue weighted by atomic mass is 10.2. The number of ether oxygens (including phenoxy) is 1. The highest BCUT2D eigenvalue weighted by molar-refractivity contribution is 5.90. The Hall–Kier alpha value is -3.28. The third-order valence-corrected chi connectivity index (χ3v) is 3.66. The number of hydrogen-bond donors (Lipinski definition) is 0. The van der Waals surface area contributed by atoms with Crippen molar-refractivity contribution in [2.24, 2.45) is 7.05 Å². The molecule has 24 heavy (non-hydrogen) atoms. The summed E-state index contributed by atoms with van der Waals surface area (Å²) in [5.41, 5.74) is 3.26. The van der Waals surface area contributed by atoms with Crippen molar-refractivity contribution in [2.45, 2.75) is 6.61 Å². The van der Waals surface area contributed by atoms with Gasteiger partial charge in [0.2, 0.25) is 5.88 Å². The van der Waals surface area contributed by atoms with Crippen LogP contribution in [0.25, 0.3) is 22.4 Å². The molecule has 4 aromatic heterocycles.